The number of anilines is 1. The largest absolute Gasteiger partial charge is 0.497 e. The second-order valence-electron chi connectivity index (χ2n) is 7.26. The van der Waals surface area contributed by atoms with Crippen LogP contribution in [0.4, 0.5) is 10.5 Å². The van der Waals surface area contributed by atoms with Gasteiger partial charge in [0.2, 0.25) is 0 Å². The lowest BCUT2D eigenvalue weighted by Crippen LogP contribution is -2.56. The number of hydrogen-bond donors (Lipinski definition) is 0. The average Bonchev–Trinajstić information content (AvgIpc) is 3.00. The quantitative estimate of drug-likeness (QED) is 0.579. The molecule has 0 saturated heterocycles. The SMILES string of the molecule is COC(=O)N1c2ccc(OC)cc2C[C@]12CCCC[C@H]2/C=C/C(C)OC=O. The Bertz CT molecular complexity index is 731. The van der Waals surface area contributed by atoms with E-state index in [1.54, 1.807) is 7.11 Å². The molecule has 2 aliphatic rings. The van der Waals surface area contributed by atoms with Gasteiger partial charge in [0, 0.05) is 5.92 Å². The van der Waals surface area contributed by atoms with Gasteiger partial charge in [0.05, 0.1) is 25.4 Å². The van der Waals surface area contributed by atoms with Gasteiger partial charge in [-0.25, -0.2) is 4.79 Å². The molecule has 6 nitrogen and oxygen atoms in total. The summed E-state index contributed by atoms with van der Waals surface area (Å²) in [6.07, 6.45) is 8.18. The van der Waals surface area contributed by atoms with Crippen LogP contribution in [0.5, 0.6) is 5.75 Å². The van der Waals surface area contributed by atoms with Crippen LogP contribution in [-0.2, 0) is 20.7 Å². The molecule has 27 heavy (non-hydrogen) atoms. The van der Waals surface area contributed by atoms with Gasteiger partial charge in [-0.1, -0.05) is 18.9 Å². The van der Waals surface area contributed by atoms with Gasteiger partial charge in [-0.05, 0) is 56.0 Å². The van der Waals surface area contributed by atoms with E-state index in [4.69, 9.17) is 14.2 Å². The predicted molar refractivity (Wildman–Crippen MR) is 102 cm³/mol. The van der Waals surface area contributed by atoms with Crippen LogP contribution in [0.15, 0.2) is 30.4 Å². The number of ether oxygens (including phenoxy) is 3. The summed E-state index contributed by atoms with van der Waals surface area (Å²) in [5.41, 5.74) is 1.62. The molecule has 3 rings (SSSR count). The lowest BCUT2D eigenvalue weighted by Gasteiger charge is -2.46. The molecule has 1 spiro atoms. The molecule has 6 heteroatoms. The summed E-state index contributed by atoms with van der Waals surface area (Å²) in [6, 6.07) is 5.82. The van der Waals surface area contributed by atoms with Crippen LogP contribution < -0.4 is 9.64 Å². The summed E-state index contributed by atoms with van der Waals surface area (Å²) >= 11 is 0. The molecule has 0 bridgehead atoms. The van der Waals surface area contributed by atoms with Gasteiger partial charge in [-0.2, -0.15) is 0 Å². The van der Waals surface area contributed by atoms with E-state index in [2.05, 4.69) is 6.08 Å². The minimum absolute atomic E-state index is 0.154. The van der Waals surface area contributed by atoms with Crippen molar-refractivity contribution in [2.45, 2.75) is 50.7 Å². The molecule has 146 valence electrons. The maximum atomic E-state index is 12.8. The molecule has 0 N–H and O–H groups in total. The number of benzene rings is 1. The first-order chi connectivity index (χ1) is 13.1. The average molecular weight is 373 g/mol. The first-order valence-corrected chi connectivity index (χ1v) is 9.38. The summed E-state index contributed by atoms with van der Waals surface area (Å²) in [5, 5.41) is 0. The molecule has 1 aliphatic carbocycles. The lowest BCUT2D eigenvalue weighted by molar-refractivity contribution is -0.130. The lowest BCUT2D eigenvalue weighted by atomic mass is 9.70. The van der Waals surface area contributed by atoms with Gasteiger partial charge in [0.25, 0.3) is 6.47 Å². The third kappa shape index (κ3) is 3.53. The number of amides is 1. The zero-order valence-corrected chi connectivity index (χ0v) is 16.1. The van der Waals surface area contributed by atoms with Crippen LogP contribution in [0.25, 0.3) is 0 Å². The van der Waals surface area contributed by atoms with E-state index in [9.17, 15) is 9.59 Å². The highest BCUT2D eigenvalue weighted by atomic mass is 16.5. The van der Waals surface area contributed by atoms with Gasteiger partial charge >= 0.3 is 6.09 Å². The molecule has 1 unspecified atom stereocenters. The van der Waals surface area contributed by atoms with Crippen molar-refractivity contribution in [3.05, 3.63) is 35.9 Å². The fraction of sp³-hybridized carbons (Fsp3) is 0.524. The Morgan fingerprint density at radius 1 is 1.33 bits per heavy atom. The first-order valence-electron chi connectivity index (χ1n) is 9.38. The molecule has 0 radical (unpaired) electrons. The van der Waals surface area contributed by atoms with E-state index in [1.807, 2.05) is 36.1 Å². The maximum Gasteiger partial charge on any atom is 0.414 e. The number of nitrogens with zero attached hydrogens (tertiary/aromatic N) is 1. The van der Waals surface area contributed by atoms with E-state index in [0.29, 0.717) is 6.47 Å². The van der Waals surface area contributed by atoms with Crippen LogP contribution in [0.3, 0.4) is 0 Å². The minimum atomic E-state index is -0.364. The number of carbonyl (C=O) groups excluding carboxylic acids is 2. The van der Waals surface area contributed by atoms with Crippen LogP contribution in [0.2, 0.25) is 0 Å². The molecule has 1 aromatic carbocycles. The highest BCUT2D eigenvalue weighted by Crippen LogP contribution is 2.51. The number of carbonyl (C=O) groups is 2. The predicted octanol–water partition coefficient (Wildman–Crippen LogP) is 3.87. The van der Waals surface area contributed by atoms with Crippen molar-refractivity contribution in [2.75, 3.05) is 19.1 Å². The number of rotatable bonds is 5. The van der Waals surface area contributed by atoms with Crippen molar-refractivity contribution in [1.82, 2.24) is 0 Å². The van der Waals surface area contributed by atoms with Crippen molar-refractivity contribution >= 4 is 18.3 Å². The van der Waals surface area contributed by atoms with Crippen LogP contribution in [-0.4, -0.2) is 38.4 Å². The summed E-state index contributed by atoms with van der Waals surface area (Å²) in [6.45, 7) is 2.29. The van der Waals surface area contributed by atoms with E-state index in [-0.39, 0.29) is 23.7 Å². The van der Waals surface area contributed by atoms with Crippen molar-refractivity contribution < 1.29 is 23.8 Å². The second kappa shape index (κ2) is 8.03. The molecule has 1 fully saturated rings. The Morgan fingerprint density at radius 2 is 2.15 bits per heavy atom. The highest BCUT2D eigenvalue weighted by Gasteiger charge is 2.52. The monoisotopic (exact) mass is 373 g/mol. The maximum absolute atomic E-state index is 12.8. The van der Waals surface area contributed by atoms with Crippen LogP contribution in [0.1, 0.15) is 38.2 Å². The van der Waals surface area contributed by atoms with Gasteiger partial charge in [0.1, 0.15) is 11.9 Å². The number of hydrogen-bond acceptors (Lipinski definition) is 5. The third-order valence-corrected chi connectivity index (χ3v) is 5.78. The Morgan fingerprint density at radius 3 is 2.85 bits per heavy atom. The topological polar surface area (TPSA) is 65.1 Å². The highest BCUT2D eigenvalue weighted by molar-refractivity contribution is 5.93. The van der Waals surface area contributed by atoms with E-state index in [1.165, 1.54) is 7.11 Å². The van der Waals surface area contributed by atoms with Crippen LogP contribution in [0, 0.1) is 5.92 Å². The molecule has 1 aliphatic heterocycles. The first kappa shape index (κ1) is 19.3. The zero-order valence-electron chi connectivity index (χ0n) is 16.1. The third-order valence-electron chi connectivity index (χ3n) is 5.78. The number of fused-ring (bicyclic) bond motifs is 1. The van der Waals surface area contributed by atoms with Crippen molar-refractivity contribution in [3.63, 3.8) is 0 Å². The molecule has 3 atom stereocenters. The second-order valence-corrected chi connectivity index (χ2v) is 7.26. The summed E-state index contributed by atoms with van der Waals surface area (Å²) in [5.74, 6) is 0.938. The van der Waals surface area contributed by atoms with E-state index >= 15 is 0 Å². The summed E-state index contributed by atoms with van der Waals surface area (Å²) < 4.78 is 15.5. The Kier molecular flexibility index (Phi) is 5.73. The zero-order chi connectivity index (χ0) is 19.4. The fourth-order valence-corrected chi connectivity index (χ4v) is 4.51. The Balaban J connectivity index is 2.01. The summed E-state index contributed by atoms with van der Waals surface area (Å²) in [7, 11) is 3.07. The van der Waals surface area contributed by atoms with E-state index < -0.39 is 0 Å². The molecule has 1 heterocycles. The smallest absolute Gasteiger partial charge is 0.414 e. The number of methoxy groups -OCH3 is 2. The van der Waals surface area contributed by atoms with Gasteiger partial charge < -0.3 is 14.2 Å². The van der Waals surface area contributed by atoms with Crippen molar-refractivity contribution in [1.29, 1.82) is 0 Å². The minimum Gasteiger partial charge on any atom is -0.497 e. The van der Waals surface area contributed by atoms with Crippen LogP contribution >= 0.6 is 0 Å². The Labute approximate surface area is 160 Å². The van der Waals surface area contributed by atoms with Crippen molar-refractivity contribution in [3.8, 4) is 5.75 Å². The molecule has 0 aromatic heterocycles. The molecular formula is C21H27NO5. The molecule has 1 aromatic rings. The summed E-state index contributed by atoms with van der Waals surface area (Å²) in [4.78, 5) is 25.2. The Hall–Kier alpha value is -2.50. The van der Waals surface area contributed by atoms with E-state index in [0.717, 1.165) is 49.1 Å². The normalized spacial score (nSPS) is 25.3. The van der Waals surface area contributed by atoms with Gasteiger partial charge in [-0.15, -0.1) is 0 Å². The fourth-order valence-electron chi connectivity index (χ4n) is 4.51. The molecular weight excluding hydrogens is 346 g/mol. The van der Waals surface area contributed by atoms with Gasteiger partial charge in [0.15, 0.2) is 0 Å². The van der Waals surface area contributed by atoms with Crippen molar-refractivity contribution in [2.24, 2.45) is 5.92 Å². The molecule has 1 amide bonds. The van der Waals surface area contributed by atoms with Gasteiger partial charge in [-0.3, -0.25) is 9.69 Å². The molecule has 1 saturated carbocycles. The standard InChI is InChI=1S/C21H27NO5/c1-15(27-14-23)7-8-17-6-4-5-11-21(17)13-16-12-18(25-2)9-10-19(16)22(21)20(24)26-3/h7-10,12,14-15,17H,4-6,11,13H2,1-3H3/b8-7+/t15?,17-,21-/m0/s1.